The van der Waals surface area contributed by atoms with Crippen molar-refractivity contribution in [2.75, 3.05) is 10.6 Å². The van der Waals surface area contributed by atoms with E-state index < -0.39 is 46.5 Å². The van der Waals surface area contributed by atoms with E-state index in [1.807, 2.05) is 0 Å². The lowest BCUT2D eigenvalue weighted by atomic mass is 10.1. The summed E-state index contributed by atoms with van der Waals surface area (Å²) < 4.78 is 78.8. The van der Waals surface area contributed by atoms with Gasteiger partial charge in [-0.15, -0.1) is 0 Å². The first kappa shape index (κ1) is 19.2. The van der Waals surface area contributed by atoms with E-state index in [2.05, 4.69) is 10.6 Å². The molecule has 3 rings (SSSR count). The van der Waals surface area contributed by atoms with Gasteiger partial charge in [-0.25, -0.2) is 26.3 Å². The van der Waals surface area contributed by atoms with Crippen molar-refractivity contribution in [3.05, 3.63) is 82.7 Å². The fourth-order valence-corrected chi connectivity index (χ4v) is 2.32. The van der Waals surface area contributed by atoms with Gasteiger partial charge in [0.15, 0.2) is 34.9 Å². The van der Waals surface area contributed by atoms with Crippen LogP contribution in [0, 0.1) is 34.9 Å². The summed E-state index contributed by atoms with van der Waals surface area (Å²) in [5.41, 5.74) is -1.40. The molecule has 0 saturated carbocycles. The van der Waals surface area contributed by atoms with Gasteiger partial charge < -0.3 is 10.6 Å². The first-order chi connectivity index (χ1) is 13.2. The molecule has 2 aromatic carbocycles. The Hall–Kier alpha value is -3.56. The van der Waals surface area contributed by atoms with Crippen LogP contribution >= 0.6 is 0 Å². The van der Waals surface area contributed by atoms with Gasteiger partial charge in [0.1, 0.15) is 0 Å². The third-order valence-corrected chi connectivity index (χ3v) is 3.61. The second kappa shape index (κ2) is 7.22. The molecular formula is C18H8F6N2O2. The number of halogens is 6. The van der Waals surface area contributed by atoms with E-state index in [0.29, 0.717) is 24.3 Å². The average Bonchev–Trinajstić information content (AvgIpc) is 2.61. The number of hydrogen-bond donors (Lipinski definition) is 2. The second-order valence-electron chi connectivity index (χ2n) is 5.60. The van der Waals surface area contributed by atoms with E-state index in [9.17, 15) is 35.9 Å². The number of allylic oxidation sites excluding steroid dienone is 2. The summed E-state index contributed by atoms with van der Waals surface area (Å²) in [6.07, 6.45) is 1.53. The zero-order valence-corrected chi connectivity index (χ0v) is 13.5. The van der Waals surface area contributed by atoms with Crippen molar-refractivity contribution >= 4 is 22.9 Å². The molecule has 0 aliphatic heterocycles. The summed E-state index contributed by atoms with van der Waals surface area (Å²) in [6, 6.07) is 2.33. The van der Waals surface area contributed by atoms with Crippen molar-refractivity contribution in [2.24, 2.45) is 0 Å². The van der Waals surface area contributed by atoms with Gasteiger partial charge >= 0.3 is 0 Å². The molecule has 10 heteroatoms. The third-order valence-electron chi connectivity index (χ3n) is 3.61. The quantitative estimate of drug-likeness (QED) is 0.465. The SMILES string of the molecule is O=C1C=C(Nc2cc(F)c(F)c(F)c2)C(=O)C=C1Nc1cc(F)c(F)c(F)c1. The van der Waals surface area contributed by atoms with E-state index in [0.717, 1.165) is 12.2 Å². The maximum atomic E-state index is 13.2. The number of hydrogen-bond acceptors (Lipinski definition) is 4. The van der Waals surface area contributed by atoms with E-state index >= 15 is 0 Å². The molecule has 2 aromatic rings. The molecule has 1 aliphatic rings. The Morgan fingerprint density at radius 1 is 0.536 bits per heavy atom. The van der Waals surface area contributed by atoms with E-state index in [1.54, 1.807) is 0 Å². The first-order valence-electron chi connectivity index (χ1n) is 7.51. The maximum Gasteiger partial charge on any atom is 0.204 e. The summed E-state index contributed by atoms with van der Waals surface area (Å²) in [4.78, 5) is 24.2. The normalized spacial score (nSPS) is 13.9. The molecule has 0 amide bonds. The Balaban J connectivity index is 1.80. The highest BCUT2D eigenvalue weighted by molar-refractivity contribution is 6.21. The minimum atomic E-state index is -1.70. The fourth-order valence-electron chi connectivity index (χ4n) is 2.32. The van der Waals surface area contributed by atoms with Crippen LogP contribution in [0.25, 0.3) is 0 Å². The first-order valence-corrected chi connectivity index (χ1v) is 7.51. The van der Waals surface area contributed by atoms with Crippen molar-refractivity contribution in [1.82, 2.24) is 0 Å². The number of anilines is 2. The standard InChI is InChI=1S/C18H8F6N2O2/c19-9-1-7(2-10(20)17(9)23)25-13-5-16(28)14(6-15(13)27)26-8-3-11(21)18(24)12(22)4-8/h1-6,25-26H. The summed E-state index contributed by atoms with van der Waals surface area (Å²) in [5.74, 6) is -11.1. The Labute approximate surface area is 153 Å². The molecule has 144 valence electrons. The molecule has 0 aromatic heterocycles. The van der Waals surface area contributed by atoms with Gasteiger partial charge in [-0.3, -0.25) is 9.59 Å². The predicted molar refractivity (Wildman–Crippen MR) is 86.1 cm³/mol. The van der Waals surface area contributed by atoms with E-state index in [4.69, 9.17) is 0 Å². The van der Waals surface area contributed by atoms with Crippen molar-refractivity contribution in [3.63, 3.8) is 0 Å². The summed E-state index contributed by atoms with van der Waals surface area (Å²) in [6.45, 7) is 0. The largest absolute Gasteiger partial charge is 0.352 e. The number of carbonyl (C=O) groups excluding carboxylic acids is 2. The van der Waals surface area contributed by atoms with Crippen LogP contribution in [-0.2, 0) is 9.59 Å². The minimum absolute atomic E-state index is 0.323. The summed E-state index contributed by atoms with van der Waals surface area (Å²) in [5, 5.41) is 4.56. The highest BCUT2D eigenvalue weighted by Crippen LogP contribution is 2.23. The van der Waals surface area contributed by atoms with Gasteiger partial charge in [-0.2, -0.15) is 0 Å². The summed E-state index contributed by atoms with van der Waals surface area (Å²) >= 11 is 0. The smallest absolute Gasteiger partial charge is 0.204 e. The Bertz CT molecular complexity index is 946. The number of ketones is 2. The molecule has 0 fully saturated rings. The number of nitrogens with one attached hydrogen (secondary N) is 2. The molecule has 0 bridgehead atoms. The minimum Gasteiger partial charge on any atom is -0.352 e. The highest BCUT2D eigenvalue weighted by atomic mass is 19.2. The maximum absolute atomic E-state index is 13.2. The van der Waals surface area contributed by atoms with Crippen LogP contribution in [0.2, 0.25) is 0 Å². The number of rotatable bonds is 4. The van der Waals surface area contributed by atoms with E-state index in [-0.39, 0.29) is 22.8 Å². The molecule has 2 N–H and O–H groups in total. The Morgan fingerprint density at radius 3 is 1.11 bits per heavy atom. The lowest BCUT2D eigenvalue weighted by Gasteiger charge is -2.16. The zero-order chi connectivity index (χ0) is 20.6. The van der Waals surface area contributed by atoms with Gasteiger partial charge in [0.05, 0.1) is 11.4 Å². The molecule has 0 atom stereocenters. The van der Waals surface area contributed by atoms with Crippen LogP contribution in [0.5, 0.6) is 0 Å². The van der Waals surface area contributed by atoms with Crippen molar-refractivity contribution in [2.45, 2.75) is 0 Å². The lowest BCUT2D eigenvalue weighted by Crippen LogP contribution is -2.22. The molecule has 0 heterocycles. The number of carbonyl (C=O) groups is 2. The second-order valence-corrected chi connectivity index (χ2v) is 5.60. The van der Waals surface area contributed by atoms with Crippen LogP contribution < -0.4 is 10.6 Å². The average molecular weight is 398 g/mol. The van der Waals surface area contributed by atoms with Crippen LogP contribution in [0.3, 0.4) is 0 Å². The molecule has 1 aliphatic carbocycles. The Kier molecular flexibility index (Phi) is 4.95. The van der Waals surface area contributed by atoms with Crippen LogP contribution in [0.4, 0.5) is 37.7 Å². The lowest BCUT2D eigenvalue weighted by molar-refractivity contribution is -0.115. The molecule has 0 saturated heterocycles. The third kappa shape index (κ3) is 3.75. The fraction of sp³-hybridized carbons (Fsp3) is 0. The molecule has 4 nitrogen and oxygen atoms in total. The highest BCUT2D eigenvalue weighted by Gasteiger charge is 2.22. The van der Waals surface area contributed by atoms with Crippen molar-refractivity contribution in [1.29, 1.82) is 0 Å². The topological polar surface area (TPSA) is 58.2 Å². The van der Waals surface area contributed by atoms with Crippen LogP contribution in [0.1, 0.15) is 0 Å². The monoisotopic (exact) mass is 398 g/mol. The molecule has 0 spiro atoms. The van der Waals surface area contributed by atoms with Gasteiger partial charge in [0, 0.05) is 47.8 Å². The van der Waals surface area contributed by atoms with Gasteiger partial charge in [-0.1, -0.05) is 0 Å². The summed E-state index contributed by atoms with van der Waals surface area (Å²) in [7, 11) is 0. The van der Waals surface area contributed by atoms with E-state index in [1.165, 1.54) is 0 Å². The number of benzene rings is 2. The van der Waals surface area contributed by atoms with Crippen LogP contribution in [-0.4, -0.2) is 11.6 Å². The van der Waals surface area contributed by atoms with Gasteiger partial charge in [0.2, 0.25) is 11.6 Å². The zero-order valence-electron chi connectivity index (χ0n) is 13.5. The van der Waals surface area contributed by atoms with Crippen LogP contribution in [0.15, 0.2) is 47.8 Å². The van der Waals surface area contributed by atoms with Gasteiger partial charge in [-0.05, 0) is 0 Å². The van der Waals surface area contributed by atoms with Gasteiger partial charge in [0.25, 0.3) is 0 Å². The molecule has 0 unspecified atom stereocenters. The Morgan fingerprint density at radius 2 is 0.821 bits per heavy atom. The molecule has 0 radical (unpaired) electrons. The van der Waals surface area contributed by atoms with Crippen molar-refractivity contribution < 1.29 is 35.9 Å². The molecular weight excluding hydrogens is 390 g/mol. The molecule has 28 heavy (non-hydrogen) atoms. The predicted octanol–water partition coefficient (Wildman–Crippen LogP) is 3.96. The van der Waals surface area contributed by atoms with Crippen molar-refractivity contribution in [3.8, 4) is 0 Å².